The Kier molecular flexibility index (Phi) is 5.65. The predicted octanol–water partition coefficient (Wildman–Crippen LogP) is 3.49. The van der Waals surface area contributed by atoms with Crippen LogP contribution in [0, 0.1) is 0 Å². The third kappa shape index (κ3) is 4.21. The molecule has 2 rings (SSSR count). The minimum absolute atomic E-state index is 0.420. The van der Waals surface area contributed by atoms with Crippen molar-refractivity contribution in [1.29, 1.82) is 0 Å². The zero-order valence-corrected chi connectivity index (χ0v) is 13.7. The molecule has 3 nitrogen and oxygen atoms in total. The van der Waals surface area contributed by atoms with Gasteiger partial charge in [0.05, 0.1) is 5.60 Å². The summed E-state index contributed by atoms with van der Waals surface area (Å²) in [6.45, 7) is 9.33. The molecular formula is C18H30N2O. The van der Waals surface area contributed by atoms with E-state index in [1.807, 2.05) is 6.92 Å². The van der Waals surface area contributed by atoms with Gasteiger partial charge in [-0.15, -0.1) is 0 Å². The fraction of sp³-hybridized carbons (Fsp3) is 0.667. The highest BCUT2D eigenvalue weighted by atomic mass is 16.3. The van der Waals surface area contributed by atoms with Crippen molar-refractivity contribution in [1.82, 2.24) is 5.32 Å². The van der Waals surface area contributed by atoms with E-state index in [1.54, 1.807) is 0 Å². The Morgan fingerprint density at radius 3 is 2.52 bits per heavy atom. The van der Waals surface area contributed by atoms with Crippen molar-refractivity contribution in [2.24, 2.45) is 0 Å². The maximum atomic E-state index is 10.1. The van der Waals surface area contributed by atoms with Crippen LogP contribution in [0.15, 0.2) is 24.3 Å². The van der Waals surface area contributed by atoms with Crippen molar-refractivity contribution in [3.8, 4) is 0 Å². The summed E-state index contributed by atoms with van der Waals surface area (Å²) in [5, 5.41) is 13.8. The molecule has 0 aromatic heterocycles. The molecule has 0 aliphatic carbocycles. The number of nitrogens with one attached hydrogen (secondary N) is 1. The van der Waals surface area contributed by atoms with Crippen LogP contribution < -0.4 is 10.2 Å². The lowest BCUT2D eigenvalue weighted by Gasteiger charge is -2.38. The minimum Gasteiger partial charge on any atom is -0.390 e. The molecule has 0 bridgehead atoms. The van der Waals surface area contributed by atoms with Gasteiger partial charge in [0.25, 0.3) is 0 Å². The lowest BCUT2D eigenvalue weighted by Crippen LogP contribution is -2.43. The summed E-state index contributed by atoms with van der Waals surface area (Å²) in [6, 6.07) is 9.15. The zero-order valence-electron chi connectivity index (χ0n) is 13.7. The molecule has 1 aliphatic heterocycles. The number of nitrogens with zero attached hydrogens (tertiary/aromatic N) is 1. The molecule has 0 amide bonds. The first-order chi connectivity index (χ1) is 10.1. The molecule has 2 N–H and O–H groups in total. The fourth-order valence-corrected chi connectivity index (χ4v) is 3.09. The highest BCUT2D eigenvalue weighted by molar-refractivity contribution is 5.55. The number of para-hydroxylation sites is 1. The van der Waals surface area contributed by atoms with E-state index >= 15 is 0 Å². The zero-order chi connectivity index (χ0) is 15.3. The van der Waals surface area contributed by atoms with E-state index in [1.165, 1.54) is 11.3 Å². The van der Waals surface area contributed by atoms with Crippen molar-refractivity contribution in [2.45, 2.75) is 58.1 Å². The number of piperidine rings is 1. The Morgan fingerprint density at radius 1 is 1.24 bits per heavy atom. The molecule has 21 heavy (non-hydrogen) atoms. The molecule has 118 valence electrons. The minimum atomic E-state index is -0.490. The van der Waals surface area contributed by atoms with E-state index in [2.05, 4.69) is 48.3 Å². The van der Waals surface area contributed by atoms with E-state index in [0.717, 1.165) is 45.3 Å². The predicted molar refractivity (Wildman–Crippen MR) is 89.8 cm³/mol. The van der Waals surface area contributed by atoms with Gasteiger partial charge in [-0.2, -0.15) is 0 Å². The maximum Gasteiger partial charge on any atom is 0.0653 e. The molecule has 0 saturated carbocycles. The van der Waals surface area contributed by atoms with E-state index in [9.17, 15) is 5.11 Å². The summed E-state index contributed by atoms with van der Waals surface area (Å²) in [6.07, 6.45) is 3.95. The van der Waals surface area contributed by atoms with Gasteiger partial charge in [0, 0.05) is 24.8 Å². The highest BCUT2D eigenvalue weighted by Gasteiger charge is 2.28. The third-order valence-electron chi connectivity index (χ3n) is 4.54. The first kappa shape index (κ1) is 16.3. The van der Waals surface area contributed by atoms with E-state index in [0.29, 0.717) is 6.04 Å². The van der Waals surface area contributed by atoms with Crippen molar-refractivity contribution in [3.63, 3.8) is 0 Å². The molecular weight excluding hydrogens is 260 g/mol. The summed E-state index contributed by atoms with van der Waals surface area (Å²) >= 11 is 0. The summed E-state index contributed by atoms with van der Waals surface area (Å²) in [5.74, 6) is 0. The molecule has 1 saturated heterocycles. The van der Waals surface area contributed by atoms with Crippen LogP contribution in [0.25, 0.3) is 0 Å². The Morgan fingerprint density at radius 2 is 1.90 bits per heavy atom. The van der Waals surface area contributed by atoms with Crippen LogP contribution in [0.3, 0.4) is 0 Å². The van der Waals surface area contributed by atoms with Gasteiger partial charge < -0.3 is 15.3 Å². The number of anilines is 1. The largest absolute Gasteiger partial charge is 0.390 e. The number of benzene rings is 1. The summed E-state index contributed by atoms with van der Waals surface area (Å²) in [7, 11) is 0. The van der Waals surface area contributed by atoms with Gasteiger partial charge >= 0.3 is 0 Å². The molecule has 1 unspecified atom stereocenters. The second kappa shape index (κ2) is 7.28. The Bertz CT molecular complexity index is 435. The van der Waals surface area contributed by atoms with Gasteiger partial charge in [0.1, 0.15) is 0 Å². The second-order valence-corrected chi connectivity index (χ2v) is 6.46. The first-order valence-corrected chi connectivity index (χ1v) is 8.37. The second-order valence-electron chi connectivity index (χ2n) is 6.46. The topological polar surface area (TPSA) is 35.5 Å². The SMILES string of the molecule is CCCNC(CC)c1ccccc1N1CCC(C)(O)CC1. The molecule has 1 fully saturated rings. The molecule has 1 aromatic carbocycles. The van der Waals surface area contributed by atoms with Crippen LogP contribution in [-0.2, 0) is 0 Å². The Balaban J connectivity index is 2.16. The monoisotopic (exact) mass is 290 g/mol. The molecule has 0 radical (unpaired) electrons. The van der Waals surface area contributed by atoms with Crippen LogP contribution in [0.1, 0.15) is 58.1 Å². The van der Waals surface area contributed by atoms with Crippen molar-refractivity contribution in [3.05, 3.63) is 29.8 Å². The lowest BCUT2D eigenvalue weighted by atomic mass is 9.92. The smallest absolute Gasteiger partial charge is 0.0653 e. The highest BCUT2D eigenvalue weighted by Crippen LogP contribution is 2.32. The molecule has 1 aliphatic rings. The molecule has 1 aromatic rings. The standard InChI is InChI=1S/C18H30N2O/c1-4-12-19-16(5-2)15-8-6-7-9-17(15)20-13-10-18(3,21)11-14-20/h6-9,16,19,21H,4-5,10-14H2,1-3H3. The normalized spacial score (nSPS) is 19.5. The van der Waals surface area contributed by atoms with E-state index in [4.69, 9.17) is 0 Å². The quantitative estimate of drug-likeness (QED) is 0.842. The average Bonchev–Trinajstić information content (AvgIpc) is 2.49. The third-order valence-corrected chi connectivity index (χ3v) is 4.54. The van der Waals surface area contributed by atoms with Crippen molar-refractivity contribution in [2.75, 3.05) is 24.5 Å². The van der Waals surface area contributed by atoms with Gasteiger partial charge in [-0.25, -0.2) is 0 Å². The number of hydrogen-bond donors (Lipinski definition) is 2. The lowest BCUT2D eigenvalue weighted by molar-refractivity contribution is 0.0351. The summed E-state index contributed by atoms with van der Waals surface area (Å²) in [5.41, 5.74) is 2.24. The number of rotatable bonds is 6. The van der Waals surface area contributed by atoms with Gasteiger partial charge in [0.2, 0.25) is 0 Å². The first-order valence-electron chi connectivity index (χ1n) is 8.37. The molecule has 1 atom stereocenters. The van der Waals surface area contributed by atoms with E-state index < -0.39 is 5.60 Å². The Labute approximate surface area is 129 Å². The van der Waals surface area contributed by atoms with Crippen LogP contribution in [0.2, 0.25) is 0 Å². The van der Waals surface area contributed by atoms with Gasteiger partial charge in [-0.05, 0) is 50.8 Å². The van der Waals surface area contributed by atoms with Gasteiger partial charge in [0.15, 0.2) is 0 Å². The summed E-state index contributed by atoms with van der Waals surface area (Å²) in [4.78, 5) is 2.43. The molecule has 3 heteroatoms. The van der Waals surface area contributed by atoms with Crippen molar-refractivity contribution >= 4 is 5.69 Å². The van der Waals surface area contributed by atoms with Crippen LogP contribution >= 0.6 is 0 Å². The van der Waals surface area contributed by atoms with E-state index in [-0.39, 0.29) is 0 Å². The van der Waals surface area contributed by atoms with Gasteiger partial charge in [-0.1, -0.05) is 32.0 Å². The molecule has 0 spiro atoms. The number of aliphatic hydroxyl groups is 1. The molecule has 1 heterocycles. The summed E-state index contributed by atoms with van der Waals surface area (Å²) < 4.78 is 0. The fourth-order valence-electron chi connectivity index (χ4n) is 3.09. The average molecular weight is 290 g/mol. The van der Waals surface area contributed by atoms with Gasteiger partial charge in [-0.3, -0.25) is 0 Å². The van der Waals surface area contributed by atoms with Crippen LogP contribution in [0.5, 0.6) is 0 Å². The van der Waals surface area contributed by atoms with Crippen LogP contribution in [0.4, 0.5) is 5.69 Å². The number of hydrogen-bond acceptors (Lipinski definition) is 3. The van der Waals surface area contributed by atoms with Crippen molar-refractivity contribution < 1.29 is 5.11 Å². The Hall–Kier alpha value is -1.06. The van der Waals surface area contributed by atoms with Crippen LogP contribution in [-0.4, -0.2) is 30.3 Å². The maximum absolute atomic E-state index is 10.1.